The molecule has 0 saturated carbocycles. The van der Waals surface area contributed by atoms with Crippen LogP contribution >= 0.6 is 11.6 Å². The van der Waals surface area contributed by atoms with Crippen molar-refractivity contribution in [3.63, 3.8) is 0 Å². The van der Waals surface area contributed by atoms with Crippen LogP contribution in [0.1, 0.15) is 0 Å². The van der Waals surface area contributed by atoms with Crippen molar-refractivity contribution in [1.29, 1.82) is 0 Å². The number of para-hydroxylation sites is 1. The lowest BCUT2D eigenvalue weighted by molar-refractivity contribution is 1.09. The quantitative estimate of drug-likeness (QED) is 0.659. The highest BCUT2D eigenvalue weighted by atomic mass is 35.5. The first-order valence-corrected chi connectivity index (χ1v) is 6.57. The molecule has 0 atom stereocenters. The Kier molecular flexibility index (Phi) is 3.56. The van der Waals surface area contributed by atoms with E-state index in [-0.39, 0.29) is 0 Å². The number of aromatic nitrogens is 2. The molecule has 0 aliphatic carbocycles. The van der Waals surface area contributed by atoms with Crippen molar-refractivity contribution < 1.29 is 0 Å². The number of hydrogen-bond donors (Lipinski definition) is 3. The third-order valence-electron chi connectivity index (χ3n) is 2.79. The van der Waals surface area contributed by atoms with Crippen LogP contribution in [0.5, 0.6) is 0 Å². The smallest absolute Gasteiger partial charge is 0.150 e. The van der Waals surface area contributed by atoms with E-state index in [1.807, 2.05) is 54.6 Å². The number of halogens is 1. The molecule has 0 amide bonds. The molecule has 0 spiro atoms. The Morgan fingerprint density at radius 2 is 1.70 bits per heavy atom. The maximum atomic E-state index is 5.97. The normalized spacial score (nSPS) is 10.2. The summed E-state index contributed by atoms with van der Waals surface area (Å²) >= 11 is 5.97. The van der Waals surface area contributed by atoms with Gasteiger partial charge in [0.05, 0.1) is 6.20 Å². The maximum Gasteiger partial charge on any atom is 0.150 e. The number of aromatic amines is 1. The van der Waals surface area contributed by atoms with Crippen molar-refractivity contribution in [2.24, 2.45) is 0 Å². The minimum absolute atomic E-state index is 0.687. The second-order valence-electron chi connectivity index (χ2n) is 4.29. The summed E-state index contributed by atoms with van der Waals surface area (Å²) in [5, 5.41) is 14.2. The van der Waals surface area contributed by atoms with Crippen molar-refractivity contribution in [3.8, 4) is 0 Å². The van der Waals surface area contributed by atoms with Gasteiger partial charge in [-0.2, -0.15) is 5.10 Å². The first-order chi connectivity index (χ1) is 9.81. The first kappa shape index (κ1) is 12.6. The summed E-state index contributed by atoms with van der Waals surface area (Å²) in [4.78, 5) is 0. The molecule has 0 unspecified atom stereocenters. The summed E-state index contributed by atoms with van der Waals surface area (Å²) < 4.78 is 0. The largest absolute Gasteiger partial charge is 0.351 e. The summed E-state index contributed by atoms with van der Waals surface area (Å²) in [6, 6.07) is 17.5. The fourth-order valence-electron chi connectivity index (χ4n) is 1.86. The maximum absolute atomic E-state index is 5.97. The molecule has 0 aliphatic rings. The van der Waals surface area contributed by atoms with Crippen molar-refractivity contribution in [3.05, 3.63) is 65.8 Å². The van der Waals surface area contributed by atoms with Gasteiger partial charge in [0.2, 0.25) is 0 Å². The van der Waals surface area contributed by atoms with E-state index in [0.717, 1.165) is 22.9 Å². The van der Waals surface area contributed by atoms with Crippen molar-refractivity contribution in [2.45, 2.75) is 0 Å². The number of H-pyrrole nitrogens is 1. The standard InChI is InChI=1S/C15H13ClN4/c16-11-5-4-8-13(9-11)19-15-14(10-17-20-15)18-12-6-2-1-3-7-12/h1-10,18H,(H2,17,19,20). The van der Waals surface area contributed by atoms with Crippen molar-refractivity contribution in [1.82, 2.24) is 10.2 Å². The second-order valence-corrected chi connectivity index (χ2v) is 4.72. The van der Waals surface area contributed by atoms with E-state index >= 15 is 0 Å². The summed E-state index contributed by atoms with van der Waals surface area (Å²) in [7, 11) is 0. The van der Waals surface area contributed by atoms with Crippen LogP contribution in [-0.2, 0) is 0 Å². The highest BCUT2D eigenvalue weighted by Crippen LogP contribution is 2.26. The number of anilines is 4. The number of benzene rings is 2. The molecule has 0 aliphatic heterocycles. The van der Waals surface area contributed by atoms with Gasteiger partial charge >= 0.3 is 0 Å². The van der Waals surface area contributed by atoms with E-state index in [0.29, 0.717) is 5.02 Å². The zero-order valence-corrected chi connectivity index (χ0v) is 11.4. The molecule has 0 bridgehead atoms. The van der Waals surface area contributed by atoms with Gasteiger partial charge in [-0.3, -0.25) is 5.10 Å². The molecule has 0 fully saturated rings. The summed E-state index contributed by atoms with van der Waals surface area (Å²) in [6.07, 6.45) is 1.74. The fourth-order valence-corrected chi connectivity index (χ4v) is 2.05. The van der Waals surface area contributed by atoms with Gasteiger partial charge in [0.1, 0.15) is 11.5 Å². The van der Waals surface area contributed by atoms with Gasteiger partial charge in [0.25, 0.3) is 0 Å². The molecule has 3 N–H and O–H groups in total. The van der Waals surface area contributed by atoms with Gasteiger partial charge in [-0.15, -0.1) is 0 Å². The number of rotatable bonds is 4. The Labute approximate surface area is 121 Å². The Morgan fingerprint density at radius 1 is 0.900 bits per heavy atom. The van der Waals surface area contributed by atoms with Crippen molar-refractivity contribution in [2.75, 3.05) is 10.6 Å². The molecule has 0 saturated heterocycles. The molecule has 20 heavy (non-hydrogen) atoms. The van der Waals surface area contributed by atoms with E-state index in [2.05, 4.69) is 20.8 Å². The molecule has 1 heterocycles. The Morgan fingerprint density at radius 3 is 2.50 bits per heavy atom. The lowest BCUT2D eigenvalue weighted by atomic mass is 10.3. The van der Waals surface area contributed by atoms with Crippen molar-refractivity contribution >= 4 is 34.5 Å². The third-order valence-corrected chi connectivity index (χ3v) is 3.02. The lowest BCUT2D eigenvalue weighted by Gasteiger charge is -2.09. The van der Waals surface area contributed by atoms with Gasteiger partial charge < -0.3 is 10.6 Å². The summed E-state index contributed by atoms with van der Waals surface area (Å²) in [6.45, 7) is 0. The van der Waals surface area contributed by atoms with Crippen LogP contribution in [-0.4, -0.2) is 10.2 Å². The fraction of sp³-hybridized carbons (Fsp3) is 0. The Hall–Kier alpha value is -2.46. The number of hydrogen-bond acceptors (Lipinski definition) is 3. The summed E-state index contributed by atoms with van der Waals surface area (Å²) in [5.41, 5.74) is 2.78. The topological polar surface area (TPSA) is 52.7 Å². The zero-order chi connectivity index (χ0) is 13.8. The Bertz CT molecular complexity index is 694. The number of nitrogens with one attached hydrogen (secondary N) is 3. The van der Waals surface area contributed by atoms with Crippen LogP contribution < -0.4 is 10.6 Å². The SMILES string of the molecule is Clc1cccc(Nc2[nH]ncc2Nc2ccccc2)c1. The minimum Gasteiger partial charge on any atom is -0.351 e. The van der Waals surface area contributed by atoms with Gasteiger partial charge in [0.15, 0.2) is 0 Å². The molecule has 0 radical (unpaired) electrons. The highest BCUT2D eigenvalue weighted by Gasteiger charge is 2.05. The van der Waals surface area contributed by atoms with Crippen LogP contribution in [0.25, 0.3) is 0 Å². The zero-order valence-electron chi connectivity index (χ0n) is 10.6. The van der Waals surface area contributed by atoms with E-state index in [4.69, 9.17) is 11.6 Å². The van der Waals surface area contributed by atoms with Crippen LogP contribution in [0.2, 0.25) is 5.02 Å². The molecule has 5 heteroatoms. The van der Waals surface area contributed by atoms with E-state index in [1.54, 1.807) is 6.20 Å². The molecule has 4 nitrogen and oxygen atoms in total. The second kappa shape index (κ2) is 5.67. The minimum atomic E-state index is 0.687. The predicted octanol–water partition coefficient (Wildman–Crippen LogP) is 4.55. The molecular weight excluding hydrogens is 272 g/mol. The van der Waals surface area contributed by atoms with Crippen LogP contribution in [0.3, 0.4) is 0 Å². The van der Waals surface area contributed by atoms with E-state index in [9.17, 15) is 0 Å². The van der Waals surface area contributed by atoms with E-state index < -0.39 is 0 Å². The van der Waals surface area contributed by atoms with Gasteiger partial charge in [-0.25, -0.2) is 0 Å². The molecule has 1 aromatic heterocycles. The van der Waals surface area contributed by atoms with Crippen LogP contribution in [0, 0.1) is 0 Å². The third kappa shape index (κ3) is 2.92. The first-order valence-electron chi connectivity index (χ1n) is 6.19. The van der Waals surface area contributed by atoms with Crippen LogP contribution in [0.15, 0.2) is 60.8 Å². The van der Waals surface area contributed by atoms with Gasteiger partial charge in [-0.05, 0) is 30.3 Å². The van der Waals surface area contributed by atoms with Gasteiger partial charge in [0, 0.05) is 16.4 Å². The molecular formula is C15H13ClN4. The molecule has 3 rings (SSSR count). The molecule has 2 aromatic carbocycles. The molecule has 100 valence electrons. The average molecular weight is 285 g/mol. The summed E-state index contributed by atoms with van der Waals surface area (Å²) in [5.74, 6) is 0.788. The average Bonchev–Trinajstić information content (AvgIpc) is 2.87. The van der Waals surface area contributed by atoms with E-state index in [1.165, 1.54) is 0 Å². The monoisotopic (exact) mass is 284 g/mol. The lowest BCUT2D eigenvalue weighted by Crippen LogP contribution is -1.96. The number of nitrogens with zero attached hydrogens (tertiary/aromatic N) is 1. The molecule has 3 aromatic rings. The highest BCUT2D eigenvalue weighted by molar-refractivity contribution is 6.30. The van der Waals surface area contributed by atoms with Crippen LogP contribution in [0.4, 0.5) is 22.9 Å². The Balaban J connectivity index is 1.80. The van der Waals surface area contributed by atoms with Gasteiger partial charge in [-0.1, -0.05) is 35.9 Å². The predicted molar refractivity (Wildman–Crippen MR) is 83.0 cm³/mol.